The van der Waals surface area contributed by atoms with Gasteiger partial charge in [-0.15, -0.1) is 0 Å². The molecule has 0 aliphatic carbocycles. The summed E-state index contributed by atoms with van der Waals surface area (Å²) >= 11 is 0. The van der Waals surface area contributed by atoms with Gasteiger partial charge in [-0.2, -0.15) is 0 Å². The van der Waals surface area contributed by atoms with Crippen LogP contribution in [0, 0.1) is 0 Å². The van der Waals surface area contributed by atoms with Crippen LogP contribution in [0.1, 0.15) is 163 Å². The molecule has 0 heterocycles. The van der Waals surface area contributed by atoms with Crippen molar-refractivity contribution in [3.63, 3.8) is 0 Å². The maximum absolute atomic E-state index is 12.3. The molecule has 0 bridgehead atoms. The smallest absolute Gasteiger partial charge is 0.306 e. The summed E-state index contributed by atoms with van der Waals surface area (Å²) in [6.45, 7) is 6.68. The molecule has 0 aliphatic heterocycles. The lowest BCUT2D eigenvalue weighted by Crippen LogP contribution is -2.29. The number of esters is 4. The molecular formula is C33H60O8. The Kier molecular flexibility index (Phi) is 26.6. The van der Waals surface area contributed by atoms with Gasteiger partial charge in [-0.3, -0.25) is 19.2 Å². The molecule has 0 N–H and O–H groups in total. The SMILES string of the molecule is CCCCCCCC(=O)OC(CCCCCC)CCCCCCCCCCC(=O)OCC(COC(C)=O)OC(C)=O. The molecule has 0 aromatic heterocycles. The highest BCUT2D eigenvalue weighted by molar-refractivity contribution is 5.70. The minimum Gasteiger partial charge on any atom is -0.462 e. The summed E-state index contributed by atoms with van der Waals surface area (Å²) < 4.78 is 20.9. The second-order valence-electron chi connectivity index (χ2n) is 11.2. The van der Waals surface area contributed by atoms with Gasteiger partial charge in [0.1, 0.15) is 19.3 Å². The summed E-state index contributed by atoms with van der Waals surface area (Å²) in [7, 11) is 0. The van der Waals surface area contributed by atoms with E-state index in [1.54, 1.807) is 0 Å². The summed E-state index contributed by atoms with van der Waals surface area (Å²) in [6, 6.07) is 0. The molecule has 41 heavy (non-hydrogen) atoms. The molecule has 0 radical (unpaired) electrons. The number of ether oxygens (including phenoxy) is 4. The van der Waals surface area contributed by atoms with Crippen LogP contribution in [0.2, 0.25) is 0 Å². The first-order valence-corrected chi connectivity index (χ1v) is 16.4. The molecule has 8 heteroatoms. The summed E-state index contributed by atoms with van der Waals surface area (Å²) in [5.74, 6) is -1.37. The van der Waals surface area contributed by atoms with Crippen LogP contribution in [-0.4, -0.2) is 49.3 Å². The molecule has 0 spiro atoms. The van der Waals surface area contributed by atoms with Crippen LogP contribution >= 0.6 is 0 Å². The zero-order valence-corrected chi connectivity index (χ0v) is 26.7. The van der Waals surface area contributed by atoms with E-state index in [4.69, 9.17) is 18.9 Å². The Bertz CT molecular complexity index is 678. The summed E-state index contributed by atoms with van der Waals surface area (Å²) in [5, 5.41) is 0. The van der Waals surface area contributed by atoms with Crippen LogP contribution in [-0.2, 0) is 38.1 Å². The Morgan fingerprint density at radius 1 is 0.463 bits per heavy atom. The van der Waals surface area contributed by atoms with E-state index in [2.05, 4.69) is 13.8 Å². The Balaban J connectivity index is 3.98. The highest BCUT2D eigenvalue weighted by Crippen LogP contribution is 2.18. The van der Waals surface area contributed by atoms with Gasteiger partial charge < -0.3 is 18.9 Å². The molecule has 0 aromatic carbocycles. The number of hydrogen-bond donors (Lipinski definition) is 0. The number of hydrogen-bond acceptors (Lipinski definition) is 8. The van der Waals surface area contributed by atoms with Crippen molar-refractivity contribution in [1.82, 2.24) is 0 Å². The Hall–Kier alpha value is -2.12. The first kappa shape index (κ1) is 38.9. The average molecular weight is 585 g/mol. The van der Waals surface area contributed by atoms with Gasteiger partial charge >= 0.3 is 23.9 Å². The van der Waals surface area contributed by atoms with Crippen LogP contribution in [0.5, 0.6) is 0 Å². The van der Waals surface area contributed by atoms with Crippen molar-refractivity contribution in [2.45, 2.75) is 175 Å². The minimum absolute atomic E-state index is 0.0166. The molecule has 2 unspecified atom stereocenters. The molecule has 0 aliphatic rings. The Morgan fingerprint density at radius 2 is 0.902 bits per heavy atom. The zero-order chi connectivity index (χ0) is 30.6. The molecule has 240 valence electrons. The molecule has 0 fully saturated rings. The van der Waals surface area contributed by atoms with E-state index in [1.807, 2.05) is 0 Å². The zero-order valence-electron chi connectivity index (χ0n) is 26.7. The van der Waals surface area contributed by atoms with Gasteiger partial charge in [0.05, 0.1) is 0 Å². The lowest BCUT2D eigenvalue weighted by molar-refractivity contribution is -0.164. The second kappa shape index (κ2) is 28.0. The van der Waals surface area contributed by atoms with Crippen LogP contribution in [0.4, 0.5) is 0 Å². The topological polar surface area (TPSA) is 105 Å². The third-order valence-corrected chi connectivity index (χ3v) is 7.05. The van der Waals surface area contributed by atoms with E-state index in [0.29, 0.717) is 12.8 Å². The summed E-state index contributed by atoms with van der Waals surface area (Å²) in [6.07, 6.45) is 21.2. The maximum atomic E-state index is 12.3. The van der Waals surface area contributed by atoms with E-state index in [1.165, 1.54) is 65.2 Å². The van der Waals surface area contributed by atoms with Crippen molar-refractivity contribution < 1.29 is 38.1 Å². The second-order valence-corrected chi connectivity index (χ2v) is 11.2. The number of carbonyl (C=O) groups is 4. The highest BCUT2D eigenvalue weighted by atomic mass is 16.6. The van der Waals surface area contributed by atoms with Gasteiger partial charge in [0.15, 0.2) is 6.10 Å². The standard InChI is InChI=1S/C33H60O8/c1-5-7-9-15-21-25-33(37)41-30(22-18-10-8-6-2)23-19-16-13-11-12-14-17-20-24-32(36)39-27-31(40-29(4)35)26-38-28(3)34/h30-31H,5-27H2,1-4H3. The number of carbonyl (C=O) groups excluding carboxylic acids is 4. The van der Waals surface area contributed by atoms with Crippen molar-refractivity contribution in [2.75, 3.05) is 13.2 Å². The third kappa shape index (κ3) is 27.8. The van der Waals surface area contributed by atoms with E-state index in [0.717, 1.165) is 70.6 Å². The quantitative estimate of drug-likeness (QED) is 0.0515. The largest absolute Gasteiger partial charge is 0.462 e. The minimum atomic E-state index is -0.788. The molecular weight excluding hydrogens is 524 g/mol. The fourth-order valence-electron chi connectivity index (χ4n) is 4.70. The van der Waals surface area contributed by atoms with Gasteiger partial charge in [0.2, 0.25) is 0 Å². The summed E-state index contributed by atoms with van der Waals surface area (Å²) in [5.41, 5.74) is 0. The van der Waals surface area contributed by atoms with Crippen molar-refractivity contribution in [3.8, 4) is 0 Å². The lowest BCUT2D eigenvalue weighted by atomic mass is 10.0. The van der Waals surface area contributed by atoms with Crippen LogP contribution in [0.3, 0.4) is 0 Å². The Labute approximate surface area is 250 Å². The van der Waals surface area contributed by atoms with Gasteiger partial charge in [-0.05, 0) is 38.5 Å². The van der Waals surface area contributed by atoms with Gasteiger partial charge in [-0.1, -0.05) is 97.3 Å². The fraction of sp³-hybridized carbons (Fsp3) is 0.879. The predicted molar refractivity (Wildman–Crippen MR) is 161 cm³/mol. The number of rotatable bonds is 28. The van der Waals surface area contributed by atoms with E-state index in [9.17, 15) is 19.2 Å². The molecule has 0 amide bonds. The lowest BCUT2D eigenvalue weighted by Gasteiger charge is -2.18. The van der Waals surface area contributed by atoms with Gasteiger partial charge in [0.25, 0.3) is 0 Å². The van der Waals surface area contributed by atoms with Crippen molar-refractivity contribution >= 4 is 23.9 Å². The van der Waals surface area contributed by atoms with E-state index < -0.39 is 18.0 Å². The van der Waals surface area contributed by atoms with Crippen molar-refractivity contribution in [2.24, 2.45) is 0 Å². The number of unbranched alkanes of at least 4 members (excludes halogenated alkanes) is 14. The highest BCUT2D eigenvalue weighted by Gasteiger charge is 2.17. The third-order valence-electron chi connectivity index (χ3n) is 7.05. The van der Waals surface area contributed by atoms with Crippen LogP contribution < -0.4 is 0 Å². The van der Waals surface area contributed by atoms with Crippen LogP contribution in [0.15, 0.2) is 0 Å². The normalized spacial score (nSPS) is 12.4. The molecule has 0 aromatic rings. The average Bonchev–Trinajstić information content (AvgIpc) is 2.92. The van der Waals surface area contributed by atoms with E-state index in [-0.39, 0.29) is 31.3 Å². The van der Waals surface area contributed by atoms with Gasteiger partial charge in [0, 0.05) is 26.7 Å². The van der Waals surface area contributed by atoms with E-state index >= 15 is 0 Å². The first-order chi connectivity index (χ1) is 19.8. The molecule has 2 atom stereocenters. The Morgan fingerprint density at radius 3 is 1.41 bits per heavy atom. The molecule has 0 rings (SSSR count). The summed E-state index contributed by atoms with van der Waals surface area (Å²) in [4.78, 5) is 46.4. The fourth-order valence-corrected chi connectivity index (χ4v) is 4.70. The monoisotopic (exact) mass is 584 g/mol. The van der Waals surface area contributed by atoms with Crippen LogP contribution in [0.25, 0.3) is 0 Å². The van der Waals surface area contributed by atoms with Crippen molar-refractivity contribution in [3.05, 3.63) is 0 Å². The maximum Gasteiger partial charge on any atom is 0.306 e. The molecule has 8 nitrogen and oxygen atoms in total. The van der Waals surface area contributed by atoms with Gasteiger partial charge in [-0.25, -0.2) is 0 Å². The molecule has 0 saturated carbocycles. The first-order valence-electron chi connectivity index (χ1n) is 16.4. The molecule has 0 saturated heterocycles. The predicted octanol–water partition coefficient (Wildman–Crippen LogP) is 8.17. The van der Waals surface area contributed by atoms with Crippen molar-refractivity contribution in [1.29, 1.82) is 0 Å².